The van der Waals surface area contributed by atoms with Gasteiger partial charge in [-0.1, -0.05) is 6.07 Å². The number of benzene rings is 1. The molecular weight excluding hydrogens is 242 g/mol. The predicted octanol–water partition coefficient (Wildman–Crippen LogP) is 1.47. The molecular formula is C11H11NO4S. The largest absolute Gasteiger partial charge is 0.428 e. The molecule has 1 heterocycles. The molecule has 0 saturated heterocycles. The van der Waals surface area contributed by atoms with E-state index in [1.54, 1.807) is 25.1 Å². The molecule has 0 saturated carbocycles. The van der Waals surface area contributed by atoms with Gasteiger partial charge in [-0.25, -0.2) is 13.2 Å². The molecule has 0 aliphatic rings. The summed E-state index contributed by atoms with van der Waals surface area (Å²) in [4.78, 5) is 11.6. The van der Waals surface area contributed by atoms with Crippen molar-refractivity contribution in [1.29, 1.82) is 0 Å². The molecule has 0 unspecified atom stereocenters. The monoisotopic (exact) mass is 253 g/mol. The minimum atomic E-state index is -3.35. The maximum absolute atomic E-state index is 11.6. The Bertz CT molecular complexity index is 731. The first-order valence-corrected chi connectivity index (χ1v) is 6.76. The number of nitrogens with one attached hydrogen (secondary N) is 1. The van der Waals surface area contributed by atoms with Crippen molar-refractivity contribution in [2.75, 3.05) is 11.0 Å². The van der Waals surface area contributed by atoms with E-state index < -0.39 is 15.6 Å². The van der Waals surface area contributed by atoms with Crippen molar-refractivity contribution in [3.8, 4) is 0 Å². The highest BCUT2D eigenvalue weighted by molar-refractivity contribution is 7.92. The van der Waals surface area contributed by atoms with Gasteiger partial charge in [0.2, 0.25) is 10.0 Å². The number of sulfonamides is 1. The van der Waals surface area contributed by atoms with Gasteiger partial charge in [0.15, 0.2) is 0 Å². The lowest BCUT2D eigenvalue weighted by Crippen LogP contribution is -2.10. The average molecular weight is 253 g/mol. The number of hydrogen-bond acceptors (Lipinski definition) is 4. The van der Waals surface area contributed by atoms with Crippen LogP contribution in [0.5, 0.6) is 0 Å². The van der Waals surface area contributed by atoms with E-state index in [1.807, 2.05) is 0 Å². The predicted molar refractivity (Wildman–Crippen MR) is 65.7 cm³/mol. The van der Waals surface area contributed by atoms with Gasteiger partial charge in [0.05, 0.1) is 11.6 Å². The Labute approximate surface area is 98.1 Å². The normalized spacial score (nSPS) is 11.6. The van der Waals surface area contributed by atoms with Gasteiger partial charge in [-0.3, -0.25) is 4.72 Å². The van der Waals surface area contributed by atoms with Crippen LogP contribution in [0.25, 0.3) is 10.8 Å². The molecule has 1 N–H and O–H groups in total. The number of rotatable bonds is 2. The van der Waals surface area contributed by atoms with Gasteiger partial charge in [-0.2, -0.15) is 0 Å². The first-order valence-electron chi connectivity index (χ1n) is 4.87. The average Bonchev–Trinajstić information content (AvgIpc) is 2.16. The van der Waals surface area contributed by atoms with Crippen molar-refractivity contribution >= 4 is 26.5 Å². The summed E-state index contributed by atoms with van der Waals surface area (Å²) in [5, 5.41) is 1.07. The number of anilines is 1. The minimum Gasteiger partial charge on any atom is -0.428 e. The van der Waals surface area contributed by atoms with E-state index in [0.29, 0.717) is 16.8 Å². The molecule has 2 rings (SSSR count). The fraction of sp³-hybridized carbons (Fsp3) is 0.182. The molecule has 0 bridgehead atoms. The minimum absolute atomic E-state index is 0.344. The van der Waals surface area contributed by atoms with E-state index in [-0.39, 0.29) is 0 Å². The molecule has 0 spiro atoms. The van der Waals surface area contributed by atoms with E-state index in [2.05, 4.69) is 4.72 Å². The number of fused-ring (bicyclic) bond motifs is 1. The zero-order chi connectivity index (χ0) is 12.6. The van der Waals surface area contributed by atoms with E-state index in [9.17, 15) is 13.2 Å². The maximum atomic E-state index is 11.6. The van der Waals surface area contributed by atoms with Gasteiger partial charge in [-0.15, -0.1) is 0 Å². The third-order valence-corrected chi connectivity index (χ3v) is 2.80. The van der Waals surface area contributed by atoms with Gasteiger partial charge in [0.25, 0.3) is 0 Å². The Balaban J connectivity index is 2.62. The Morgan fingerprint density at radius 3 is 2.59 bits per heavy atom. The number of aryl methyl sites for hydroxylation is 1. The van der Waals surface area contributed by atoms with Crippen molar-refractivity contribution in [2.45, 2.75) is 6.92 Å². The molecule has 90 valence electrons. The molecule has 0 atom stereocenters. The van der Waals surface area contributed by atoms with Crippen molar-refractivity contribution in [3.05, 3.63) is 40.4 Å². The molecule has 17 heavy (non-hydrogen) atoms. The third-order valence-electron chi connectivity index (χ3n) is 2.19. The topological polar surface area (TPSA) is 76.4 Å². The lowest BCUT2D eigenvalue weighted by molar-refractivity contribution is 0.488. The maximum Gasteiger partial charge on any atom is 0.343 e. The van der Waals surface area contributed by atoms with Gasteiger partial charge in [-0.05, 0) is 30.5 Å². The second kappa shape index (κ2) is 3.89. The van der Waals surface area contributed by atoms with Crippen LogP contribution in [0.4, 0.5) is 5.69 Å². The summed E-state index contributed by atoms with van der Waals surface area (Å²) < 4.78 is 29.4. The molecule has 6 heteroatoms. The molecule has 1 aromatic carbocycles. The Morgan fingerprint density at radius 1 is 1.24 bits per heavy atom. The van der Waals surface area contributed by atoms with Crippen LogP contribution < -0.4 is 10.3 Å². The highest BCUT2D eigenvalue weighted by atomic mass is 32.2. The summed E-state index contributed by atoms with van der Waals surface area (Å²) in [5.41, 5.74) is -0.131. The van der Waals surface area contributed by atoms with E-state index >= 15 is 0 Å². The summed E-state index contributed by atoms with van der Waals surface area (Å²) in [6.07, 6.45) is 1.05. The van der Waals surface area contributed by atoms with Crippen molar-refractivity contribution < 1.29 is 12.8 Å². The molecule has 0 aliphatic heterocycles. The Hall–Kier alpha value is -1.82. The molecule has 5 nitrogen and oxygen atoms in total. The fourth-order valence-corrected chi connectivity index (χ4v) is 2.14. The fourth-order valence-electron chi connectivity index (χ4n) is 1.59. The van der Waals surface area contributed by atoms with E-state index in [1.165, 1.54) is 6.07 Å². The van der Waals surface area contributed by atoms with Crippen LogP contribution in [-0.4, -0.2) is 14.7 Å². The Morgan fingerprint density at radius 2 is 1.94 bits per heavy atom. The SMILES string of the molecule is Cc1cc2ccc(NS(C)(=O)=O)cc2c(=O)o1. The van der Waals surface area contributed by atoms with Gasteiger partial charge >= 0.3 is 5.63 Å². The van der Waals surface area contributed by atoms with Gasteiger partial charge < -0.3 is 4.42 Å². The van der Waals surface area contributed by atoms with Crippen molar-refractivity contribution in [1.82, 2.24) is 0 Å². The van der Waals surface area contributed by atoms with Crippen LogP contribution >= 0.6 is 0 Å². The van der Waals surface area contributed by atoms with Crippen LogP contribution in [0, 0.1) is 6.92 Å². The highest BCUT2D eigenvalue weighted by Crippen LogP contribution is 2.18. The molecule has 0 fully saturated rings. The highest BCUT2D eigenvalue weighted by Gasteiger charge is 2.06. The molecule has 0 radical (unpaired) electrons. The lowest BCUT2D eigenvalue weighted by atomic mass is 10.1. The molecule has 1 aromatic heterocycles. The zero-order valence-corrected chi connectivity index (χ0v) is 10.2. The summed E-state index contributed by atoms with van der Waals surface area (Å²) in [5.74, 6) is 0.520. The first kappa shape index (κ1) is 11.7. The number of hydrogen-bond donors (Lipinski definition) is 1. The second-order valence-electron chi connectivity index (χ2n) is 3.82. The first-order chi connectivity index (χ1) is 7.85. The molecule has 0 aliphatic carbocycles. The smallest absolute Gasteiger partial charge is 0.343 e. The second-order valence-corrected chi connectivity index (χ2v) is 5.57. The van der Waals surface area contributed by atoms with E-state index in [4.69, 9.17) is 4.42 Å². The standard InChI is InChI=1S/C11H11NO4S/c1-7-5-8-3-4-9(12-17(2,14)15)6-10(8)11(13)16-7/h3-6,12H,1-2H3. The van der Waals surface area contributed by atoms with Crippen LogP contribution in [0.1, 0.15) is 5.76 Å². The zero-order valence-electron chi connectivity index (χ0n) is 9.35. The summed E-state index contributed by atoms with van der Waals surface area (Å²) in [6, 6.07) is 6.46. The van der Waals surface area contributed by atoms with E-state index in [0.717, 1.165) is 11.6 Å². The summed E-state index contributed by atoms with van der Waals surface area (Å²) >= 11 is 0. The third kappa shape index (κ3) is 2.65. The van der Waals surface area contributed by atoms with Gasteiger partial charge in [0, 0.05) is 5.69 Å². The molecule has 0 amide bonds. The summed E-state index contributed by atoms with van der Waals surface area (Å²) in [7, 11) is -3.35. The van der Waals surface area contributed by atoms with Crippen LogP contribution in [0.3, 0.4) is 0 Å². The molecule has 2 aromatic rings. The van der Waals surface area contributed by atoms with Crippen molar-refractivity contribution in [2.24, 2.45) is 0 Å². The van der Waals surface area contributed by atoms with Crippen LogP contribution in [0.15, 0.2) is 33.5 Å². The Kier molecular flexibility index (Phi) is 2.66. The lowest BCUT2D eigenvalue weighted by Gasteiger charge is -2.04. The quantitative estimate of drug-likeness (QED) is 0.879. The van der Waals surface area contributed by atoms with Crippen molar-refractivity contribution in [3.63, 3.8) is 0 Å². The van der Waals surface area contributed by atoms with Crippen LogP contribution in [-0.2, 0) is 10.0 Å². The van der Waals surface area contributed by atoms with Gasteiger partial charge in [0.1, 0.15) is 5.76 Å². The van der Waals surface area contributed by atoms with Crippen LogP contribution in [0.2, 0.25) is 0 Å². The summed E-state index contributed by atoms with van der Waals surface area (Å²) in [6.45, 7) is 1.68.